The number of sulfonamides is 1. The molecular weight excluding hydrogens is 915 g/mol. The summed E-state index contributed by atoms with van der Waals surface area (Å²) < 4.78 is 52.5. The van der Waals surface area contributed by atoms with Gasteiger partial charge in [-0.1, -0.05) is 100 Å². The van der Waals surface area contributed by atoms with Gasteiger partial charge < -0.3 is 49.8 Å². The zero-order valence-electron chi connectivity index (χ0n) is 37.8. The van der Waals surface area contributed by atoms with Crippen LogP contribution in [0.1, 0.15) is 116 Å². The minimum absolute atomic E-state index is 0.00509. The van der Waals surface area contributed by atoms with E-state index in [0.29, 0.717) is 6.42 Å². The van der Waals surface area contributed by atoms with Gasteiger partial charge >= 0.3 is 17.9 Å². The highest BCUT2D eigenvalue weighted by Gasteiger charge is 2.27. The van der Waals surface area contributed by atoms with Crippen molar-refractivity contribution in [2.45, 2.75) is 127 Å². The molecule has 19 nitrogen and oxygen atoms in total. The smallest absolute Gasteiger partial charge is 0.337 e. The molecule has 1 aromatic carbocycles. The fraction of sp³-hybridized carbons (Fsp3) is 0.721. The van der Waals surface area contributed by atoms with Crippen molar-refractivity contribution in [3.05, 3.63) is 22.2 Å². The number of hydrogen-bond donors (Lipinski definition) is 5. The molecular formula is C43H70Cl2N4O15S. The highest BCUT2D eigenvalue weighted by molar-refractivity contribution is 7.89. The number of nitrogens with zero attached hydrogens (tertiary/aromatic N) is 1. The fourth-order valence-electron chi connectivity index (χ4n) is 6.07. The van der Waals surface area contributed by atoms with Crippen molar-refractivity contribution < 1.29 is 71.1 Å². The van der Waals surface area contributed by atoms with Gasteiger partial charge in [0.2, 0.25) is 27.7 Å². The lowest BCUT2D eigenvalue weighted by atomic mass is 10.0. The summed E-state index contributed by atoms with van der Waals surface area (Å²) in [5.41, 5.74) is 0. The molecule has 0 aliphatic rings. The van der Waals surface area contributed by atoms with Gasteiger partial charge in [-0.05, 0) is 31.4 Å². The first-order valence-corrected chi connectivity index (χ1v) is 24.4. The lowest BCUT2D eigenvalue weighted by Gasteiger charge is -2.16. The fourth-order valence-corrected chi connectivity index (χ4v) is 7.78. The van der Waals surface area contributed by atoms with Crippen LogP contribution >= 0.6 is 23.2 Å². The van der Waals surface area contributed by atoms with Crippen LogP contribution in [0.15, 0.2) is 17.0 Å². The van der Waals surface area contributed by atoms with Gasteiger partial charge in [0.15, 0.2) is 5.75 Å². The van der Waals surface area contributed by atoms with Crippen molar-refractivity contribution in [2.75, 3.05) is 80.0 Å². The van der Waals surface area contributed by atoms with Crippen molar-refractivity contribution in [3.8, 4) is 5.75 Å². The Kier molecular flexibility index (Phi) is 33.3. The Morgan fingerprint density at radius 3 is 1.60 bits per heavy atom. The third kappa shape index (κ3) is 30.3. The molecule has 0 fully saturated rings. The first-order valence-electron chi connectivity index (χ1n) is 22.2. The molecule has 0 bridgehead atoms. The Hall–Kier alpha value is -3.63. The van der Waals surface area contributed by atoms with Crippen LogP contribution in [-0.4, -0.2) is 145 Å². The Morgan fingerprint density at radius 1 is 0.615 bits per heavy atom. The number of amides is 3. The highest BCUT2D eigenvalue weighted by Crippen LogP contribution is 2.36. The average Bonchev–Trinajstić information content (AvgIpc) is 3.24. The second-order valence-corrected chi connectivity index (χ2v) is 18.3. The number of benzene rings is 1. The maximum Gasteiger partial charge on any atom is 0.337 e. The molecule has 1 rings (SSSR count). The largest absolute Gasteiger partial charge is 0.481 e. The highest BCUT2D eigenvalue weighted by atomic mass is 35.5. The Morgan fingerprint density at radius 2 is 1.09 bits per heavy atom. The predicted molar refractivity (Wildman–Crippen MR) is 243 cm³/mol. The van der Waals surface area contributed by atoms with Crippen molar-refractivity contribution >= 4 is 68.9 Å². The van der Waals surface area contributed by atoms with E-state index in [0.717, 1.165) is 55.3 Å². The van der Waals surface area contributed by atoms with Crippen LogP contribution in [0.2, 0.25) is 10.0 Å². The summed E-state index contributed by atoms with van der Waals surface area (Å²) in [5.74, 6) is -4.28. The molecule has 1 atom stereocenters. The van der Waals surface area contributed by atoms with E-state index in [1.165, 1.54) is 58.7 Å². The molecule has 0 heterocycles. The van der Waals surface area contributed by atoms with Crippen LogP contribution in [0, 0.1) is 0 Å². The van der Waals surface area contributed by atoms with E-state index in [2.05, 4.69) is 16.0 Å². The van der Waals surface area contributed by atoms with Crippen molar-refractivity contribution in [1.82, 2.24) is 20.3 Å². The van der Waals surface area contributed by atoms with Gasteiger partial charge in [-0.2, -0.15) is 0 Å². The number of halogens is 2. The molecule has 22 heteroatoms. The van der Waals surface area contributed by atoms with E-state index in [4.69, 9.17) is 52.0 Å². The molecule has 1 unspecified atom stereocenters. The Bertz CT molecular complexity index is 1690. The summed E-state index contributed by atoms with van der Waals surface area (Å²) in [5, 5.41) is 25.8. The van der Waals surface area contributed by atoms with E-state index in [1.54, 1.807) is 0 Å². The molecule has 0 spiro atoms. The van der Waals surface area contributed by atoms with Gasteiger partial charge in [0.1, 0.15) is 24.2 Å². The molecule has 3 amide bonds. The van der Waals surface area contributed by atoms with Crippen LogP contribution in [0.5, 0.6) is 5.75 Å². The number of carbonyl (C=O) groups excluding carboxylic acids is 4. The number of ether oxygens (including phenoxy) is 5. The number of carboxylic acid groups (broad SMARTS) is 2. The predicted octanol–water partition coefficient (Wildman–Crippen LogP) is 5.12. The second kappa shape index (κ2) is 36.5. The minimum Gasteiger partial charge on any atom is -0.481 e. The molecule has 5 N–H and O–H groups in total. The van der Waals surface area contributed by atoms with Crippen LogP contribution in [0.4, 0.5) is 0 Å². The third-order valence-electron chi connectivity index (χ3n) is 9.62. The standard InChI is InChI=1S/C43H70Cl2N4O15S/c1-49(2)65(58,59)36-30-33(44)29-34(45)42(36)64-41(55)32-63-28-26-61-24-22-47-39(52)31-62-27-25-60-23-21-46-37(50)20-19-35(43(56)57)48-38(51)17-15-13-11-9-7-5-3-4-6-8-10-12-14-16-18-40(53)54/h29-30,35H,3-28,31-32H2,1-2H3,(H,46,50)(H,47,52)(H,48,51)(H,53,54)(H,56,57). The number of carboxylic acids is 2. The summed E-state index contributed by atoms with van der Waals surface area (Å²) in [6, 6.07) is 1.21. The number of hydrogen-bond acceptors (Lipinski definition) is 13. The number of aliphatic carboxylic acids is 2. The van der Waals surface area contributed by atoms with Crippen molar-refractivity contribution in [1.29, 1.82) is 0 Å². The van der Waals surface area contributed by atoms with E-state index in [9.17, 15) is 42.3 Å². The topological polar surface area (TPSA) is 262 Å². The molecule has 0 aliphatic heterocycles. The number of nitrogens with one attached hydrogen (secondary N) is 3. The number of esters is 1. The molecule has 1 aromatic rings. The molecule has 372 valence electrons. The zero-order valence-corrected chi connectivity index (χ0v) is 40.2. The van der Waals surface area contributed by atoms with Gasteiger partial charge in [-0.3, -0.25) is 19.2 Å². The summed E-state index contributed by atoms with van der Waals surface area (Å²) in [7, 11) is -1.42. The van der Waals surface area contributed by atoms with E-state index < -0.39 is 40.6 Å². The quantitative estimate of drug-likeness (QED) is 0.0324. The number of rotatable bonds is 41. The number of carbonyl (C=O) groups is 6. The van der Waals surface area contributed by atoms with Gasteiger partial charge in [0.25, 0.3) is 0 Å². The van der Waals surface area contributed by atoms with Gasteiger partial charge in [0, 0.05) is 51.5 Å². The molecule has 0 radical (unpaired) electrons. The molecule has 0 saturated carbocycles. The molecule has 65 heavy (non-hydrogen) atoms. The maximum atomic E-state index is 12.6. The van der Waals surface area contributed by atoms with Crippen LogP contribution in [0.3, 0.4) is 0 Å². The van der Waals surface area contributed by atoms with E-state index in [1.807, 2.05) is 0 Å². The van der Waals surface area contributed by atoms with Gasteiger partial charge in [-0.15, -0.1) is 0 Å². The van der Waals surface area contributed by atoms with Crippen molar-refractivity contribution in [2.24, 2.45) is 0 Å². The SMILES string of the molecule is CN(C)S(=O)(=O)c1cc(Cl)cc(Cl)c1OC(=O)COCCOCCNC(=O)COCCOCCNC(=O)CCC(NC(=O)CCCCCCCCCCCCCCCCC(=O)O)C(=O)O. The normalized spacial score (nSPS) is 11.9. The third-order valence-corrected chi connectivity index (χ3v) is 11.9. The lowest BCUT2D eigenvalue weighted by Crippen LogP contribution is -2.41. The lowest BCUT2D eigenvalue weighted by molar-refractivity contribution is -0.142. The van der Waals surface area contributed by atoms with Crippen LogP contribution in [-0.2, 0) is 57.7 Å². The van der Waals surface area contributed by atoms with Crippen molar-refractivity contribution in [3.63, 3.8) is 0 Å². The summed E-state index contributed by atoms with van der Waals surface area (Å²) >= 11 is 12.0. The second-order valence-electron chi connectivity index (χ2n) is 15.3. The first-order chi connectivity index (χ1) is 31.0. The first kappa shape index (κ1) is 59.4. The van der Waals surface area contributed by atoms with E-state index >= 15 is 0 Å². The summed E-state index contributed by atoms with van der Waals surface area (Å²) in [6.45, 7) is 0.337. The monoisotopic (exact) mass is 984 g/mol. The number of unbranched alkanes of at least 4 members (excludes halogenated alkanes) is 13. The average molecular weight is 986 g/mol. The van der Waals surface area contributed by atoms with Gasteiger partial charge in [0.05, 0.1) is 44.7 Å². The molecule has 0 aliphatic carbocycles. The Balaban J connectivity index is 2.01. The van der Waals surface area contributed by atoms with Gasteiger partial charge in [-0.25, -0.2) is 22.3 Å². The zero-order chi connectivity index (χ0) is 48.3. The summed E-state index contributed by atoms with van der Waals surface area (Å²) in [6.07, 6.45) is 15.3. The maximum absolute atomic E-state index is 12.6. The minimum atomic E-state index is -4.02. The summed E-state index contributed by atoms with van der Waals surface area (Å²) in [4.78, 5) is 70.6. The molecule has 0 aromatic heterocycles. The Labute approximate surface area is 393 Å². The van der Waals surface area contributed by atoms with Crippen LogP contribution < -0.4 is 20.7 Å². The van der Waals surface area contributed by atoms with E-state index in [-0.39, 0.29) is 123 Å². The molecule has 0 saturated heterocycles. The van der Waals surface area contributed by atoms with Crippen LogP contribution in [0.25, 0.3) is 0 Å².